The molecule has 0 unspecified atom stereocenters. The highest BCUT2D eigenvalue weighted by Gasteiger charge is 2.07. The number of hydrogen-bond donors (Lipinski definition) is 1. The van der Waals surface area contributed by atoms with E-state index in [1.54, 1.807) is 36.8 Å². The minimum atomic E-state index is -0.152. The minimum Gasteiger partial charge on any atom is -0.431 e. The Kier molecular flexibility index (Phi) is 4.53. The van der Waals surface area contributed by atoms with Crippen LogP contribution in [0.3, 0.4) is 0 Å². The van der Waals surface area contributed by atoms with Gasteiger partial charge in [0, 0.05) is 36.1 Å². The second-order valence-electron chi connectivity index (χ2n) is 5.49. The Morgan fingerprint density at radius 3 is 2.54 bits per heavy atom. The third-order valence-corrected chi connectivity index (χ3v) is 4.37. The second-order valence-corrected chi connectivity index (χ2v) is 6.34. The van der Waals surface area contributed by atoms with Crippen LogP contribution < -0.4 is 10.1 Å². The van der Waals surface area contributed by atoms with Crippen LogP contribution in [0.4, 0.5) is 0 Å². The monoisotopic (exact) mass is 362 g/mol. The van der Waals surface area contributed by atoms with Crippen LogP contribution in [0.5, 0.6) is 10.9 Å². The van der Waals surface area contributed by atoms with Crippen molar-refractivity contribution >= 4 is 28.3 Å². The van der Waals surface area contributed by atoms with Crippen LogP contribution in [0.25, 0.3) is 11.0 Å². The number of amides is 1. The molecule has 0 saturated carbocycles. The standard InChI is InChI=1S/C19H14N4O2S/c24-18(14-3-6-16-17(11-14)21-8-7-20-16)23-12-13-1-4-15(5-2-13)25-19-22-9-10-26-19/h1-11H,12H2,(H,23,24). The predicted octanol–water partition coefficient (Wildman–Crippen LogP) is 3.81. The molecule has 4 rings (SSSR count). The number of rotatable bonds is 5. The summed E-state index contributed by atoms with van der Waals surface area (Å²) < 4.78 is 5.62. The van der Waals surface area contributed by atoms with Crippen molar-refractivity contribution in [2.75, 3.05) is 0 Å². The van der Waals surface area contributed by atoms with E-state index in [1.807, 2.05) is 29.6 Å². The Labute approximate surface area is 153 Å². The zero-order valence-corrected chi connectivity index (χ0v) is 14.4. The van der Waals surface area contributed by atoms with Gasteiger partial charge in [0.1, 0.15) is 5.75 Å². The Bertz CT molecular complexity index is 1030. The highest BCUT2D eigenvalue weighted by atomic mass is 32.1. The SMILES string of the molecule is O=C(NCc1ccc(Oc2nccs2)cc1)c1ccc2nccnc2c1. The molecule has 0 saturated heterocycles. The molecule has 6 nitrogen and oxygen atoms in total. The van der Waals surface area contributed by atoms with Crippen LogP contribution in [0.1, 0.15) is 15.9 Å². The molecular formula is C19H14N4O2S. The molecule has 128 valence electrons. The lowest BCUT2D eigenvalue weighted by Gasteiger charge is -2.07. The van der Waals surface area contributed by atoms with E-state index in [-0.39, 0.29) is 5.91 Å². The maximum Gasteiger partial charge on any atom is 0.278 e. The van der Waals surface area contributed by atoms with Crippen molar-refractivity contribution in [2.24, 2.45) is 0 Å². The summed E-state index contributed by atoms with van der Waals surface area (Å²) in [5, 5.41) is 5.37. The van der Waals surface area contributed by atoms with Crippen molar-refractivity contribution < 1.29 is 9.53 Å². The van der Waals surface area contributed by atoms with E-state index < -0.39 is 0 Å². The highest BCUT2D eigenvalue weighted by Crippen LogP contribution is 2.23. The maximum atomic E-state index is 12.3. The van der Waals surface area contributed by atoms with E-state index in [4.69, 9.17) is 4.74 Å². The molecular weight excluding hydrogens is 348 g/mol. The molecule has 7 heteroatoms. The molecule has 0 spiro atoms. The van der Waals surface area contributed by atoms with Gasteiger partial charge in [-0.25, -0.2) is 4.98 Å². The van der Waals surface area contributed by atoms with Crippen LogP contribution in [0, 0.1) is 0 Å². The quantitative estimate of drug-likeness (QED) is 0.584. The summed E-state index contributed by atoms with van der Waals surface area (Å²) in [4.78, 5) is 24.8. The summed E-state index contributed by atoms with van der Waals surface area (Å²) in [7, 11) is 0. The molecule has 0 fully saturated rings. The average molecular weight is 362 g/mol. The van der Waals surface area contributed by atoms with E-state index >= 15 is 0 Å². The number of benzene rings is 2. The lowest BCUT2D eigenvalue weighted by atomic mass is 10.1. The van der Waals surface area contributed by atoms with Gasteiger partial charge < -0.3 is 10.1 Å². The number of fused-ring (bicyclic) bond motifs is 1. The molecule has 0 aliphatic heterocycles. The average Bonchev–Trinajstić information content (AvgIpc) is 3.20. The fraction of sp³-hybridized carbons (Fsp3) is 0.0526. The van der Waals surface area contributed by atoms with Crippen molar-refractivity contribution in [1.82, 2.24) is 20.3 Å². The van der Waals surface area contributed by atoms with Crippen molar-refractivity contribution in [3.05, 3.63) is 77.6 Å². The summed E-state index contributed by atoms with van der Waals surface area (Å²) in [6.45, 7) is 0.425. The zero-order chi connectivity index (χ0) is 17.8. The summed E-state index contributed by atoms with van der Waals surface area (Å²) in [6.07, 6.45) is 4.94. The van der Waals surface area contributed by atoms with Crippen molar-refractivity contribution in [2.45, 2.75) is 6.54 Å². The number of nitrogens with one attached hydrogen (secondary N) is 1. The van der Waals surface area contributed by atoms with E-state index in [0.29, 0.717) is 28.6 Å². The third-order valence-electron chi connectivity index (χ3n) is 3.72. The molecule has 0 atom stereocenters. The molecule has 0 bridgehead atoms. The van der Waals surface area contributed by atoms with Crippen molar-refractivity contribution in [3.63, 3.8) is 0 Å². The molecule has 2 aromatic carbocycles. The Balaban J connectivity index is 1.38. The molecule has 1 N–H and O–H groups in total. The zero-order valence-electron chi connectivity index (χ0n) is 13.6. The highest BCUT2D eigenvalue weighted by molar-refractivity contribution is 7.11. The smallest absolute Gasteiger partial charge is 0.278 e. The molecule has 0 radical (unpaired) electrons. The van der Waals surface area contributed by atoms with Crippen LogP contribution in [-0.2, 0) is 6.54 Å². The van der Waals surface area contributed by atoms with Crippen LogP contribution in [0.15, 0.2) is 66.4 Å². The van der Waals surface area contributed by atoms with Crippen LogP contribution >= 0.6 is 11.3 Å². The maximum absolute atomic E-state index is 12.3. The summed E-state index contributed by atoms with van der Waals surface area (Å²) >= 11 is 1.43. The summed E-state index contributed by atoms with van der Waals surface area (Å²) in [5.74, 6) is 0.559. The van der Waals surface area contributed by atoms with E-state index in [2.05, 4.69) is 20.3 Å². The number of ether oxygens (including phenoxy) is 1. The molecule has 4 aromatic rings. The Morgan fingerprint density at radius 1 is 0.962 bits per heavy atom. The number of carbonyl (C=O) groups excluding carboxylic acids is 1. The number of aromatic nitrogens is 3. The number of carbonyl (C=O) groups is 1. The van der Waals surface area contributed by atoms with Gasteiger partial charge in [-0.2, -0.15) is 0 Å². The molecule has 1 amide bonds. The van der Waals surface area contributed by atoms with Gasteiger partial charge in [-0.3, -0.25) is 14.8 Å². The first kappa shape index (κ1) is 16.2. The van der Waals surface area contributed by atoms with Crippen molar-refractivity contribution in [1.29, 1.82) is 0 Å². The van der Waals surface area contributed by atoms with Gasteiger partial charge in [0.05, 0.1) is 11.0 Å². The van der Waals surface area contributed by atoms with Gasteiger partial charge in [-0.15, -0.1) is 0 Å². The molecule has 26 heavy (non-hydrogen) atoms. The van der Waals surface area contributed by atoms with Gasteiger partial charge in [-0.1, -0.05) is 23.5 Å². The van der Waals surface area contributed by atoms with Crippen molar-refractivity contribution in [3.8, 4) is 10.9 Å². The lowest BCUT2D eigenvalue weighted by molar-refractivity contribution is 0.0951. The van der Waals surface area contributed by atoms with Gasteiger partial charge in [-0.05, 0) is 35.9 Å². The lowest BCUT2D eigenvalue weighted by Crippen LogP contribution is -2.22. The molecule has 0 aliphatic carbocycles. The summed E-state index contributed by atoms with van der Waals surface area (Å²) in [6, 6.07) is 12.8. The van der Waals surface area contributed by atoms with Gasteiger partial charge >= 0.3 is 0 Å². The Hall–Kier alpha value is -3.32. The van der Waals surface area contributed by atoms with E-state index in [1.165, 1.54) is 11.3 Å². The number of nitrogens with zero attached hydrogens (tertiary/aromatic N) is 3. The van der Waals surface area contributed by atoms with Gasteiger partial charge in [0.15, 0.2) is 0 Å². The normalized spacial score (nSPS) is 10.6. The fourth-order valence-corrected chi connectivity index (χ4v) is 2.93. The second kappa shape index (κ2) is 7.28. The number of hydrogen-bond acceptors (Lipinski definition) is 6. The molecule has 0 aliphatic rings. The topological polar surface area (TPSA) is 77.0 Å². The fourth-order valence-electron chi connectivity index (χ4n) is 2.43. The minimum absolute atomic E-state index is 0.152. The number of thiazole rings is 1. The van der Waals surface area contributed by atoms with Gasteiger partial charge in [0.2, 0.25) is 0 Å². The largest absolute Gasteiger partial charge is 0.431 e. The third kappa shape index (κ3) is 3.68. The summed E-state index contributed by atoms with van der Waals surface area (Å²) in [5.41, 5.74) is 3.00. The first-order valence-corrected chi connectivity index (χ1v) is 8.81. The van der Waals surface area contributed by atoms with Crippen LogP contribution in [-0.4, -0.2) is 20.9 Å². The first-order valence-electron chi connectivity index (χ1n) is 7.93. The molecule has 2 aromatic heterocycles. The first-order chi connectivity index (χ1) is 12.8. The van der Waals surface area contributed by atoms with E-state index in [9.17, 15) is 4.79 Å². The Morgan fingerprint density at radius 2 is 1.77 bits per heavy atom. The molecule has 2 heterocycles. The predicted molar refractivity (Wildman–Crippen MR) is 99.3 cm³/mol. The van der Waals surface area contributed by atoms with Crippen LogP contribution in [0.2, 0.25) is 0 Å². The van der Waals surface area contributed by atoms with E-state index in [0.717, 1.165) is 11.1 Å². The van der Waals surface area contributed by atoms with Gasteiger partial charge in [0.25, 0.3) is 11.1 Å².